The first kappa shape index (κ1) is 28.4. The molecule has 0 bridgehead atoms. The highest BCUT2D eigenvalue weighted by atomic mass is 19.1. The lowest BCUT2D eigenvalue weighted by molar-refractivity contribution is -0.140. The maximum Gasteiger partial charge on any atom is 0.258 e. The molecular formula is C26H38FN5O5. The van der Waals surface area contributed by atoms with Gasteiger partial charge in [0.2, 0.25) is 17.7 Å². The van der Waals surface area contributed by atoms with E-state index in [2.05, 4.69) is 24.1 Å². The SMILES string of the molecule is CCN(CC)[C@H]1C[C@H]2COc3ccc(F)cc3C(=O)N(C)[C@H](C(=O)NC)CCC(=O)N(C)CC(=O)N2C1. The van der Waals surface area contributed by atoms with Crippen molar-refractivity contribution in [2.75, 3.05) is 53.9 Å². The maximum absolute atomic E-state index is 14.2. The Hall–Kier alpha value is -3.21. The largest absolute Gasteiger partial charge is 0.491 e. The molecule has 0 aliphatic carbocycles. The summed E-state index contributed by atoms with van der Waals surface area (Å²) in [5.41, 5.74) is -0.0223. The molecule has 1 aromatic rings. The molecule has 1 fully saturated rings. The second kappa shape index (κ2) is 12.4. The highest BCUT2D eigenvalue weighted by Crippen LogP contribution is 2.27. The van der Waals surface area contributed by atoms with Crippen molar-refractivity contribution in [2.45, 2.75) is 51.2 Å². The van der Waals surface area contributed by atoms with Gasteiger partial charge in [0.05, 0.1) is 18.2 Å². The zero-order valence-corrected chi connectivity index (χ0v) is 22.3. The molecule has 1 aromatic carbocycles. The summed E-state index contributed by atoms with van der Waals surface area (Å²) in [5.74, 6) is -1.99. The minimum Gasteiger partial charge on any atom is -0.491 e. The minimum absolute atomic E-state index is 0.0223. The number of benzene rings is 1. The van der Waals surface area contributed by atoms with Gasteiger partial charge in [0, 0.05) is 40.2 Å². The number of halogens is 1. The Kier molecular flexibility index (Phi) is 9.47. The lowest BCUT2D eigenvalue weighted by Crippen LogP contribution is -2.48. The van der Waals surface area contributed by atoms with Crippen LogP contribution < -0.4 is 10.1 Å². The van der Waals surface area contributed by atoms with Crippen LogP contribution in [0.5, 0.6) is 5.75 Å². The fraction of sp³-hybridized carbons (Fsp3) is 0.615. The maximum atomic E-state index is 14.2. The van der Waals surface area contributed by atoms with Gasteiger partial charge in [-0.25, -0.2) is 4.39 Å². The van der Waals surface area contributed by atoms with Crippen molar-refractivity contribution in [3.05, 3.63) is 29.6 Å². The number of amides is 4. The molecule has 0 radical (unpaired) electrons. The van der Waals surface area contributed by atoms with E-state index in [0.717, 1.165) is 19.2 Å². The van der Waals surface area contributed by atoms with Crippen LogP contribution in [0.4, 0.5) is 4.39 Å². The monoisotopic (exact) mass is 519 g/mol. The van der Waals surface area contributed by atoms with Crippen LogP contribution in [-0.4, -0.2) is 115 Å². The first-order valence-electron chi connectivity index (χ1n) is 12.8. The molecule has 4 amide bonds. The molecule has 10 nitrogen and oxygen atoms in total. The standard InChI is InChI=1S/C26H38FN5O5/c1-6-31(7-2)18-13-19-16-37-22-10-8-17(27)12-20(22)26(36)30(5)21(25(35)28-3)9-11-23(33)29(4)15-24(34)32(19)14-18/h8,10,12,18-19,21H,6-7,9,11,13-16H2,1-5H3,(H,28,35)/t18-,19-,21-/m0/s1. The Bertz CT molecular complexity index is 1020. The van der Waals surface area contributed by atoms with Crippen molar-refractivity contribution < 1.29 is 28.3 Å². The number of ether oxygens (including phenoxy) is 1. The van der Waals surface area contributed by atoms with E-state index in [0.29, 0.717) is 13.0 Å². The van der Waals surface area contributed by atoms with Crippen LogP contribution in [0.2, 0.25) is 0 Å². The molecule has 2 aliphatic rings. The summed E-state index contributed by atoms with van der Waals surface area (Å²) in [7, 11) is 4.45. The van der Waals surface area contributed by atoms with E-state index in [1.807, 2.05) is 0 Å². The fourth-order valence-electron chi connectivity index (χ4n) is 5.17. The van der Waals surface area contributed by atoms with Gasteiger partial charge in [-0.05, 0) is 44.1 Å². The number of hydrogen-bond donors (Lipinski definition) is 1. The smallest absolute Gasteiger partial charge is 0.258 e. The Labute approximate surface area is 217 Å². The van der Waals surface area contributed by atoms with Gasteiger partial charge in [0.15, 0.2) is 0 Å². The van der Waals surface area contributed by atoms with Gasteiger partial charge in [0.25, 0.3) is 5.91 Å². The molecule has 2 aliphatic heterocycles. The van der Waals surface area contributed by atoms with E-state index < -0.39 is 23.7 Å². The molecule has 0 saturated carbocycles. The molecular weight excluding hydrogens is 481 g/mol. The number of fused-ring (bicyclic) bond motifs is 2. The summed E-state index contributed by atoms with van der Waals surface area (Å²) in [6.07, 6.45) is 0.673. The molecule has 3 rings (SSSR count). The van der Waals surface area contributed by atoms with E-state index in [1.165, 1.54) is 36.0 Å². The Balaban J connectivity index is 1.99. The third-order valence-corrected chi connectivity index (χ3v) is 7.41. The van der Waals surface area contributed by atoms with Crippen LogP contribution in [0.25, 0.3) is 0 Å². The van der Waals surface area contributed by atoms with Crippen molar-refractivity contribution in [1.82, 2.24) is 24.9 Å². The molecule has 0 spiro atoms. The average molecular weight is 520 g/mol. The van der Waals surface area contributed by atoms with Crippen LogP contribution in [0.1, 0.15) is 43.5 Å². The average Bonchev–Trinajstić information content (AvgIpc) is 3.31. The number of rotatable bonds is 4. The third kappa shape index (κ3) is 6.38. The van der Waals surface area contributed by atoms with Crippen molar-refractivity contribution >= 4 is 23.6 Å². The van der Waals surface area contributed by atoms with Crippen LogP contribution in [0.3, 0.4) is 0 Å². The second-order valence-corrected chi connectivity index (χ2v) is 9.60. The number of likely N-dealkylation sites (N-methyl/N-ethyl adjacent to an activating group) is 4. The molecule has 37 heavy (non-hydrogen) atoms. The molecule has 2 heterocycles. The van der Waals surface area contributed by atoms with Crippen molar-refractivity contribution in [3.63, 3.8) is 0 Å². The summed E-state index contributed by atoms with van der Waals surface area (Å²) in [6.45, 7) is 6.34. The van der Waals surface area contributed by atoms with Gasteiger partial charge in [-0.3, -0.25) is 24.1 Å². The van der Waals surface area contributed by atoms with Gasteiger partial charge in [-0.15, -0.1) is 0 Å². The summed E-state index contributed by atoms with van der Waals surface area (Å²) >= 11 is 0. The Morgan fingerprint density at radius 1 is 1.16 bits per heavy atom. The number of hydrogen-bond acceptors (Lipinski definition) is 6. The molecule has 1 N–H and O–H groups in total. The van der Waals surface area contributed by atoms with Crippen molar-refractivity contribution in [1.29, 1.82) is 0 Å². The van der Waals surface area contributed by atoms with Crippen LogP contribution >= 0.6 is 0 Å². The summed E-state index contributed by atoms with van der Waals surface area (Å²) in [6, 6.07) is 2.58. The zero-order valence-electron chi connectivity index (χ0n) is 22.3. The highest BCUT2D eigenvalue weighted by Gasteiger charge is 2.39. The molecule has 0 aromatic heterocycles. The van der Waals surface area contributed by atoms with Crippen LogP contribution in [0, 0.1) is 5.82 Å². The zero-order chi connectivity index (χ0) is 27.3. The van der Waals surface area contributed by atoms with Crippen LogP contribution in [0.15, 0.2) is 18.2 Å². The number of carbonyl (C=O) groups is 4. The number of nitrogens with one attached hydrogen (secondary N) is 1. The molecule has 204 valence electrons. The van der Waals surface area contributed by atoms with E-state index in [9.17, 15) is 23.6 Å². The predicted octanol–water partition coefficient (Wildman–Crippen LogP) is 0.955. The van der Waals surface area contributed by atoms with Gasteiger partial charge in [0.1, 0.15) is 24.2 Å². The van der Waals surface area contributed by atoms with Gasteiger partial charge >= 0.3 is 0 Å². The fourth-order valence-corrected chi connectivity index (χ4v) is 5.17. The van der Waals surface area contributed by atoms with Gasteiger partial charge < -0.3 is 24.8 Å². The van der Waals surface area contributed by atoms with Gasteiger partial charge in [-0.2, -0.15) is 0 Å². The second-order valence-electron chi connectivity index (χ2n) is 9.60. The highest BCUT2D eigenvalue weighted by molar-refractivity contribution is 5.99. The quantitative estimate of drug-likeness (QED) is 0.636. The topological polar surface area (TPSA) is 102 Å². The lowest BCUT2D eigenvalue weighted by Gasteiger charge is -2.28. The van der Waals surface area contributed by atoms with E-state index in [4.69, 9.17) is 4.74 Å². The third-order valence-electron chi connectivity index (χ3n) is 7.41. The molecule has 11 heteroatoms. The first-order chi connectivity index (χ1) is 17.6. The summed E-state index contributed by atoms with van der Waals surface area (Å²) < 4.78 is 20.3. The van der Waals surface area contributed by atoms with Crippen LogP contribution in [-0.2, 0) is 14.4 Å². The molecule has 0 unspecified atom stereocenters. The summed E-state index contributed by atoms with van der Waals surface area (Å²) in [4.78, 5) is 58.8. The summed E-state index contributed by atoms with van der Waals surface area (Å²) in [5, 5.41) is 2.52. The predicted molar refractivity (Wildman–Crippen MR) is 136 cm³/mol. The molecule has 1 saturated heterocycles. The minimum atomic E-state index is -0.968. The van der Waals surface area contributed by atoms with Gasteiger partial charge in [-0.1, -0.05) is 13.8 Å². The Morgan fingerprint density at radius 2 is 1.86 bits per heavy atom. The number of nitrogens with zero attached hydrogens (tertiary/aromatic N) is 4. The Morgan fingerprint density at radius 3 is 2.51 bits per heavy atom. The number of carbonyl (C=O) groups excluding carboxylic acids is 4. The lowest BCUT2D eigenvalue weighted by atomic mass is 10.1. The first-order valence-corrected chi connectivity index (χ1v) is 12.8. The van der Waals surface area contributed by atoms with E-state index >= 15 is 0 Å². The van der Waals surface area contributed by atoms with E-state index in [1.54, 1.807) is 11.9 Å². The van der Waals surface area contributed by atoms with E-state index in [-0.39, 0.29) is 61.2 Å². The normalized spacial score (nSPS) is 23.8. The van der Waals surface area contributed by atoms with Crippen molar-refractivity contribution in [3.8, 4) is 5.75 Å². The van der Waals surface area contributed by atoms with Crippen molar-refractivity contribution in [2.24, 2.45) is 0 Å². The molecule has 3 atom stereocenters.